The molecule has 0 saturated carbocycles. The zero-order valence-corrected chi connectivity index (χ0v) is 14.0. The Morgan fingerprint density at radius 2 is 2.09 bits per heavy atom. The van der Waals surface area contributed by atoms with Gasteiger partial charge in [0, 0.05) is 18.2 Å². The van der Waals surface area contributed by atoms with Crippen molar-refractivity contribution in [3.05, 3.63) is 64.5 Å². The maximum atomic E-state index is 10.6. The normalized spacial score (nSPS) is 15.3. The molecule has 0 aliphatic heterocycles. The Morgan fingerprint density at radius 3 is 2.78 bits per heavy atom. The first-order valence-electron chi connectivity index (χ1n) is 7.57. The predicted molar refractivity (Wildman–Crippen MR) is 92.2 cm³/mol. The van der Waals surface area contributed by atoms with Gasteiger partial charge in [-0.15, -0.1) is 0 Å². The van der Waals surface area contributed by atoms with Crippen LogP contribution in [0.5, 0.6) is 0 Å². The summed E-state index contributed by atoms with van der Waals surface area (Å²) in [7, 11) is 0. The molecule has 3 aromatic rings. The second-order valence-corrected chi connectivity index (χ2v) is 6.65. The van der Waals surface area contributed by atoms with Crippen LogP contribution < -0.4 is 5.32 Å². The van der Waals surface area contributed by atoms with E-state index in [9.17, 15) is 5.11 Å². The van der Waals surface area contributed by atoms with Crippen LogP contribution in [0.15, 0.2) is 57.7 Å². The van der Waals surface area contributed by atoms with Crippen molar-refractivity contribution in [1.29, 1.82) is 0 Å². The summed E-state index contributed by atoms with van der Waals surface area (Å²) in [6.45, 7) is 4.25. The van der Waals surface area contributed by atoms with Crippen molar-refractivity contribution >= 4 is 11.3 Å². The Morgan fingerprint density at radius 1 is 1.30 bits per heavy atom. The maximum Gasteiger partial charge on any atom is 0.153 e. The molecule has 0 aliphatic rings. The summed E-state index contributed by atoms with van der Waals surface area (Å²) >= 11 is 1.58. The van der Waals surface area contributed by atoms with E-state index in [4.69, 9.17) is 4.52 Å². The Bertz CT molecular complexity index is 735. The smallest absolute Gasteiger partial charge is 0.153 e. The molecule has 120 valence electrons. The van der Waals surface area contributed by atoms with Gasteiger partial charge in [0.1, 0.15) is 11.3 Å². The van der Waals surface area contributed by atoms with Gasteiger partial charge in [0.25, 0.3) is 0 Å². The van der Waals surface area contributed by atoms with E-state index < -0.39 is 5.60 Å². The summed E-state index contributed by atoms with van der Waals surface area (Å²) in [4.78, 5) is 0. The van der Waals surface area contributed by atoms with Gasteiger partial charge in [-0.2, -0.15) is 11.3 Å². The number of nitrogens with one attached hydrogen (secondary N) is 1. The molecule has 5 heteroatoms. The fraction of sp³-hybridized carbons (Fsp3) is 0.278. The zero-order valence-electron chi connectivity index (χ0n) is 13.2. The second-order valence-electron chi connectivity index (χ2n) is 5.87. The first-order valence-corrected chi connectivity index (χ1v) is 8.51. The number of nitrogens with zero attached hydrogens (tertiary/aromatic N) is 1. The van der Waals surface area contributed by atoms with Crippen LogP contribution in [0, 0.1) is 0 Å². The van der Waals surface area contributed by atoms with Gasteiger partial charge in [0.05, 0.1) is 6.04 Å². The van der Waals surface area contributed by atoms with Crippen molar-refractivity contribution < 1.29 is 9.63 Å². The molecule has 0 saturated heterocycles. The van der Waals surface area contributed by atoms with Crippen molar-refractivity contribution in [2.75, 3.05) is 6.54 Å². The first-order chi connectivity index (χ1) is 11.1. The molecule has 0 radical (unpaired) electrons. The molecule has 23 heavy (non-hydrogen) atoms. The van der Waals surface area contributed by atoms with Gasteiger partial charge in [-0.1, -0.05) is 35.5 Å². The van der Waals surface area contributed by atoms with Crippen molar-refractivity contribution in [3.8, 4) is 11.3 Å². The highest BCUT2D eigenvalue weighted by atomic mass is 32.1. The quantitative estimate of drug-likeness (QED) is 0.719. The van der Waals surface area contributed by atoms with Crippen molar-refractivity contribution in [3.63, 3.8) is 0 Å². The van der Waals surface area contributed by atoms with Crippen LogP contribution in [0.1, 0.15) is 31.2 Å². The number of aliphatic hydroxyl groups is 1. The fourth-order valence-electron chi connectivity index (χ4n) is 2.36. The number of thiophene rings is 1. The summed E-state index contributed by atoms with van der Waals surface area (Å²) in [5.74, 6) is 0.755. The van der Waals surface area contributed by atoms with Crippen molar-refractivity contribution in [2.45, 2.75) is 25.5 Å². The summed E-state index contributed by atoms with van der Waals surface area (Å²) < 4.78 is 5.44. The van der Waals surface area contributed by atoms with E-state index in [1.807, 2.05) is 67.1 Å². The van der Waals surface area contributed by atoms with Crippen LogP contribution in [0.3, 0.4) is 0 Å². The molecule has 0 spiro atoms. The number of aromatic nitrogens is 1. The Labute approximate surface area is 139 Å². The predicted octanol–water partition coefficient (Wildman–Crippen LogP) is 3.96. The summed E-state index contributed by atoms with van der Waals surface area (Å²) in [5, 5.41) is 21.9. The lowest BCUT2D eigenvalue weighted by Gasteiger charge is -2.24. The molecule has 3 rings (SSSR count). The first kappa shape index (κ1) is 15.9. The SMILES string of the molecule is CC(NCC(C)(O)c1ccsc1)c1cc(-c2ccccc2)no1. The molecule has 0 aliphatic carbocycles. The van der Waals surface area contributed by atoms with Crippen LogP contribution in [0.25, 0.3) is 11.3 Å². The highest BCUT2D eigenvalue weighted by Crippen LogP contribution is 2.25. The summed E-state index contributed by atoms with van der Waals surface area (Å²) in [6.07, 6.45) is 0. The Hall–Kier alpha value is -1.95. The van der Waals surface area contributed by atoms with Crippen LogP contribution in [-0.4, -0.2) is 16.8 Å². The minimum atomic E-state index is -0.906. The van der Waals surface area contributed by atoms with E-state index in [-0.39, 0.29) is 6.04 Å². The van der Waals surface area contributed by atoms with E-state index in [1.165, 1.54) is 0 Å². The van der Waals surface area contributed by atoms with Gasteiger partial charge in [0.15, 0.2) is 5.76 Å². The van der Waals surface area contributed by atoms with Gasteiger partial charge < -0.3 is 14.9 Å². The second kappa shape index (κ2) is 6.66. The lowest BCUT2D eigenvalue weighted by molar-refractivity contribution is 0.0538. The number of rotatable bonds is 6. The fourth-order valence-corrected chi connectivity index (χ4v) is 3.15. The molecule has 2 atom stereocenters. The number of hydrogen-bond acceptors (Lipinski definition) is 5. The molecule has 1 aromatic carbocycles. The lowest BCUT2D eigenvalue weighted by atomic mass is 9.99. The highest BCUT2D eigenvalue weighted by molar-refractivity contribution is 7.08. The van der Waals surface area contributed by atoms with Crippen LogP contribution in [0.2, 0.25) is 0 Å². The molecule has 2 N–H and O–H groups in total. The highest BCUT2D eigenvalue weighted by Gasteiger charge is 2.25. The Kier molecular flexibility index (Phi) is 4.61. The van der Waals surface area contributed by atoms with Crippen LogP contribution in [-0.2, 0) is 5.60 Å². The van der Waals surface area contributed by atoms with Gasteiger partial charge in [-0.25, -0.2) is 0 Å². The van der Waals surface area contributed by atoms with Gasteiger partial charge in [-0.05, 0) is 36.2 Å². The van der Waals surface area contributed by atoms with E-state index in [1.54, 1.807) is 11.3 Å². The molecular formula is C18H20N2O2S. The topological polar surface area (TPSA) is 58.3 Å². The van der Waals surface area contributed by atoms with E-state index in [0.717, 1.165) is 22.6 Å². The van der Waals surface area contributed by atoms with Gasteiger partial charge in [-0.3, -0.25) is 0 Å². The van der Waals surface area contributed by atoms with E-state index >= 15 is 0 Å². The molecule has 0 amide bonds. The molecule has 0 bridgehead atoms. The van der Waals surface area contributed by atoms with Crippen LogP contribution in [0.4, 0.5) is 0 Å². The number of hydrogen-bond donors (Lipinski definition) is 2. The number of benzene rings is 1. The standard InChI is InChI=1S/C18H20N2O2S/c1-13(19-12-18(2,21)15-8-9-23-11-15)17-10-16(20-22-17)14-6-4-3-5-7-14/h3-11,13,19,21H,12H2,1-2H3. The third-order valence-electron chi connectivity index (χ3n) is 3.92. The third kappa shape index (κ3) is 3.69. The molecule has 0 fully saturated rings. The average molecular weight is 328 g/mol. The largest absolute Gasteiger partial charge is 0.384 e. The van der Waals surface area contributed by atoms with E-state index in [2.05, 4.69) is 10.5 Å². The molecule has 2 unspecified atom stereocenters. The van der Waals surface area contributed by atoms with Crippen molar-refractivity contribution in [1.82, 2.24) is 10.5 Å². The summed E-state index contributed by atoms with van der Waals surface area (Å²) in [6, 6.07) is 13.8. The third-order valence-corrected chi connectivity index (χ3v) is 4.60. The molecule has 2 aromatic heterocycles. The minimum absolute atomic E-state index is 0.0370. The van der Waals surface area contributed by atoms with Crippen LogP contribution >= 0.6 is 11.3 Å². The zero-order chi connectivity index (χ0) is 16.3. The molecule has 2 heterocycles. The lowest BCUT2D eigenvalue weighted by Crippen LogP contribution is -2.36. The van der Waals surface area contributed by atoms with Gasteiger partial charge in [0.2, 0.25) is 0 Å². The average Bonchev–Trinajstić information content (AvgIpc) is 3.25. The Balaban J connectivity index is 1.65. The monoisotopic (exact) mass is 328 g/mol. The van der Waals surface area contributed by atoms with Crippen molar-refractivity contribution in [2.24, 2.45) is 0 Å². The minimum Gasteiger partial charge on any atom is -0.384 e. The molecular weight excluding hydrogens is 308 g/mol. The summed E-state index contributed by atoms with van der Waals surface area (Å²) in [5.41, 5.74) is 1.86. The van der Waals surface area contributed by atoms with E-state index in [0.29, 0.717) is 6.54 Å². The maximum absolute atomic E-state index is 10.6. The molecule has 4 nitrogen and oxygen atoms in total. The van der Waals surface area contributed by atoms with Gasteiger partial charge >= 0.3 is 0 Å².